The van der Waals surface area contributed by atoms with E-state index in [1.54, 1.807) is 23.9 Å². The maximum absolute atomic E-state index is 13.1. The van der Waals surface area contributed by atoms with E-state index < -0.39 is 0 Å². The molecule has 28 heavy (non-hydrogen) atoms. The molecular weight excluding hydrogens is 412 g/mol. The molecule has 8 heteroatoms. The number of anilines is 1. The molecule has 0 radical (unpaired) electrons. The van der Waals surface area contributed by atoms with Crippen molar-refractivity contribution in [2.24, 2.45) is 0 Å². The smallest absolute Gasteiger partial charge is 0.270 e. The highest BCUT2D eigenvalue weighted by atomic mass is 35.5. The Morgan fingerprint density at radius 3 is 2.86 bits per heavy atom. The first-order valence-electron chi connectivity index (χ1n) is 8.96. The molecule has 0 saturated heterocycles. The molecule has 4 aromatic rings. The van der Waals surface area contributed by atoms with Gasteiger partial charge in [-0.1, -0.05) is 36.5 Å². The van der Waals surface area contributed by atoms with Gasteiger partial charge < -0.3 is 4.57 Å². The SMILES string of the molecule is CCc1cccc2sc(N(CCCn3ccnc3)C(=O)c3cccs3)nc12.Cl. The van der Waals surface area contributed by atoms with E-state index in [-0.39, 0.29) is 18.3 Å². The van der Waals surface area contributed by atoms with Crippen LogP contribution in [0.15, 0.2) is 54.4 Å². The number of halogens is 1. The average Bonchev–Trinajstić information content (AvgIpc) is 3.45. The van der Waals surface area contributed by atoms with Crippen molar-refractivity contribution >= 4 is 56.3 Å². The topological polar surface area (TPSA) is 51.0 Å². The molecule has 0 spiro atoms. The van der Waals surface area contributed by atoms with Crippen molar-refractivity contribution in [2.45, 2.75) is 26.3 Å². The zero-order valence-electron chi connectivity index (χ0n) is 15.4. The molecule has 0 N–H and O–H groups in total. The van der Waals surface area contributed by atoms with E-state index in [9.17, 15) is 4.79 Å². The number of imidazole rings is 1. The number of hydrogen-bond acceptors (Lipinski definition) is 5. The van der Waals surface area contributed by atoms with Crippen LogP contribution in [0.1, 0.15) is 28.6 Å². The molecule has 3 aromatic heterocycles. The van der Waals surface area contributed by atoms with Crippen molar-refractivity contribution in [3.63, 3.8) is 0 Å². The molecule has 1 aromatic carbocycles. The standard InChI is InChI=1S/C20H20N4OS2.ClH/c1-2-15-6-3-7-16-18(15)22-20(27-16)24(19(25)17-8-4-13-26-17)11-5-10-23-12-9-21-14-23;/h3-4,6-9,12-14H,2,5,10-11H2,1H3;1H. The maximum atomic E-state index is 13.1. The lowest BCUT2D eigenvalue weighted by atomic mass is 10.1. The van der Waals surface area contributed by atoms with E-state index in [0.29, 0.717) is 6.54 Å². The van der Waals surface area contributed by atoms with Crippen LogP contribution in [0.5, 0.6) is 0 Å². The molecule has 5 nitrogen and oxygen atoms in total. The van der Waals surface area contributed by atoms with Crippen molar-refractivity contribution in [3.8, 4) is 0 Å². The minimum Gasteiger partial charge on any atom is -0.337 e. The molecule has 0 aliphatic rings. The van der Waals surface area contributed by atoms with Crippen LogP contribution in [-0.2, 0) is 13.0 Å². The van der Waals surface area contributed by atoms with Gasteiger partial charge >= 0.3 is 0 Å². The number of hydrogen-bond donors (Lipinski definition) is 0. The van der Waals surface area contributed by atoms with Gasteiger partial charge in [-0.3, -0.25) is 9.69 Å². The number of carbonyl (C=O) groups excluding carboxylic acids is 1. The number of carbonyl (C=O) groups is 1. The van der Waals surface area contributed by atoms with E-state index in [1.165, 1.54) is 16.9 Å². The second-order valence-electron chi connectivity index (χ2n) is 6.20. The van der Waals surface area contributed by atoms with Gasteiger partial charge in [-0.05, 0) is 35.9 Å². The molecule has 3 heterocycles. The number of aryl methyl sites for hydroxylation is 2. The summed E-state index contributed by atoms with van der Waals surface area (Å²) in [5.74, 6) is 0.0211. The van der Waals surface area contributed by atoms with Crippen LogP contribution in [-0.4, -0.2) is 27.0 Å². The van der Waals surface area contributed by atoms with Gasteiger partial charge in [-0.15, -0.1) is 23.7 Å². The summed E-state index contributed by atoms with van der Waals surface area (Å²) in [6.45, 7) is 3.57. The Labute approximate surface area is 178 Å². The highest BCUT2D eigenvalue weighted by Gasteiger charge is 2.22. The lowest BCUT2D eigenvalue weighted by molar-refractivity contribution is 0.0990. The van der Waals surface area contributed by atoms with Gasteiger partial charge in [0.2, 0.25) is 0 Å². The molecule has 1 amide bonds. The molecule has 0 fully saturated rings. The van der Waals surface area contributed by atoms with Gasteiger partial charge in [0.25, 0.3) is 5.91 Å². The molecule has 0 aliphatic heterocycles. The molecule has 0 saturated carbocycles. The number of rotatable bonds is 7. The summed E-state index contributed by atoms with van der Waals surface area (Å²) in [6.07, 6.45) is 7.28. The van der Waals surface area contributed by atoms with E-state index >= 15 is 0 Å². The van der Waals surface area contributed by atoms with Crippen molar-refractivity contribution < 1.29 is 4.79 Å². The Bertz CT molecular complexity index is 1030. The number of thiazole rings is 1. The van der Waals surface area contributed by atoms with Gasteiger partial charge in [0.1, 0.15) is 0 Å². The van der Waals surface area contributed by atoms with Crippen LogP contribution in [0.4, 0.5) is 5.13 Å². The van der Waals surface area contributed by atoms with Crippen LogP contribution >= 0.6 is 35.1 Å². The first kappa shape index (κ1) is 20.5. The highest BCUT2D eigenvalue weighted by Crippen LogP contribution is 2.32. The number of thiophene rings is 1. The quantitative estimate of drug-likeness (QED) is 0.399. The summed E-state index contributed by atoms with van der Waals surface area (Å²) in [5.41, 5.74) is 2.23. The first-order valence-corrected chi connectivity index (χ1v) is 10.7. The van der Waals surface area contributed by atoms with Crippen molar-refractivity contribution in [2.75, 3.05) is 11.4 Å². The lowest BCUT2D eigenvalue weighted by Gasteiger charge is -2.19. The second-order valence-corrected chi connectivity index (χ2v) is 8.16. The zero-order chi connectivity index (χ0) is 18.6. The van der Waals surface area contributed by atoms with E-state index in [4.69, 9.17) is 4.98 Å². The van der Waals surface area contributed by atoms with Crippen molar-refractivity contribution in [3.05, 3.63) is 64.9 Å². The Balaban J connectivity index is 0.00000225. The number of amides is 1. The number of benzene rings is 1. The predicted molar refractivity (Wildman–Crippen MR) is 119 cm³/mol. The van der Waals surface area contributed by atoms with Gasteiger partial charge in [0.05, 0.1) is 21.4 Å². The predicted octanol–water partition coefficient (Wildman–Crippen LogP) is 5.28. The summed E-state index contributed by atoms with van der Waals surface area (Å²) in [6, 6.07) is 10.0. The van der Waals surface area contributed by atoms with Crippen LogP contribution in [0.2, 0.25) is 0 Å². The number of aromatic nitrogens is 3. The van der Waals surface area contributed by atoms with Crippen LogP contribution in [0.3, 0.4) is 0 Å². The number of para-hydroxylation sites is 1. The van der Waals surface area contributed by atoms with Crippen molar-refractivity contribution in [1.82, 2.24) is 14.5 Å². The molecule has 0 unspecified atom stereocenters. The largest absolute Gasteiger partial charge is 0.337 e. The van der Waals surface area contributed by atoms with Gasteiger partial charge in [-0.25, -0.2) is 9.97 Å². The van der Waals surface area contributed by atoms with Crippen molar-refractivity contribution in [1.29, 1.82) is 0 Å². The third kappa shape index (κ3) is 4.27. The Morgan fingerprint density at radius 2 is 2.14 bits per heavy atom. The van der Waals surface area contributed by atoms with Crippen LogP contribution < -0.4 is 4.90 Å². The molecule has 0 bridgehead atoms. The summed E-state index contributed by atoms with van der Waals surface area (Å²) in [5, 5.41) is 2.71. The van der Waals surface area contributed by atoms with Crippen LogP contribution in [0, 0.1) is 0 Å². The maximum Gasteiger partial charge on any atom is 0.270 e. The first-order chi connectivity index (χ1) is 13.3. The monoisotopic (exact) mass is 432 g/mol. The molecule has 4 rings (SSSR count). The number of fused-ring (bicyclic) bond motifs is 1. The van der Waals surface area contributed by atoms with E-state index in [0.717, 1.165) is 39.6 Å². The average molecular weight is 433 g/mol. The summed E-state index contributed by atoms with van der Waals surface area (Å²) >= 11 is 3.06. The fourth-order valence-corrected chi connectivity index (χ4v) is 4.75. The molecular formula is C20H21ClN4OS2. The highest BCUT2D eigenvalue weighted by molar-refractivity contribution is 7.22. The summed E-state index contributed by atoms with van der Waals surface area (Å²) in [4.78, 5) is 24.6. The van der Waals surface area contributed by atoms with Crippen LogP contribution in [0.25, 0.3) is 10.2 Å². The minimum absolute atomic E-state index is 0. The molecule has 0 atom stereocenters. The van der Waals surface area contributed by atoms with E-state index in [2.05, 4.69) is 30.1 Å². The minimum atomic E-state index is 0. The summed E-state index contributed by atoms with van der Waals surface area (Å²) < 4.78 is 3.16. The second kappa shape index (κ2) is 9.32. The Kier molecular flexibility index (Phi) is 6.83. The lowest BCUT2D eigenvalue weighted by Crippen LogP contribution is -2.31. The van der Waals surface area contributed by atoms with E-state index in [1.807, 2.05) is 33.2 Å². The van der Waals surface area contributed by atoms with Gasteiger partial charge in [-0.2, -0.15) is 0 Å². The molecule has 146 valence electrons. The Hall–Kier alpha value is -2.22. The van der Waals surface area contributed by atoms with Gasteiger partial charge in [0.15, 0.2) is 5.13 Å². The Morgan fingerprint density at radius 1 is 1.25 bits per heavy atom. The van der Waals surface area contributed by atoms with Gasteiger partial charge in [0, 0.05) is 25.5 Å². The fraction of sp³-hybridized carbons (Fsp3) is 0.250. The number of nitrogens with zero attached hydrogens (tertiary/aromatic N) is 4. The fourth-order valence-electron chi connectivity index (χ4n) is 3.04. The zero-order valence-corrected chi connectivity index (χ0v) is 17.9. The third-order valence-electron chi connectivity index (χ3n) is 4.44. The summed E-state index contributed by atoms with van der Waals surface area (Å²) in [7, 11) is 0. The normalized spacial score (nSPS) is 10.8. The third-order valence-corrected chi connectivity index (χ3v) is 6.34. The molecule has 0 aliphatic carbocycles.